The fourth-order valence-corrected chi connectivity index (χ4v) is 4.08. The first-order valence-electron chi connectivity index (χ1n) is 10.4. The van der Waals surface area contributed by atoms with Crippen LogP contribution in [0.4, 0.5) is 0 Å². The smallest absolute Gasteiger partial charge is 0.222 e. The van der Waals surface area contributed by atoms with Crippen molar-refractivity contribution in [2.24, 2.45) is 0 Å². The number of likely N-dealkylation sites (tertiary alicyclic amines) is 1. The number of carbonyl (C=O) groups excluding carboxylic acids is 1. The van der Waals surface area contributed by atoms with Gasteiger partial charge in [-0.15, -0.1) is 0 Å². The van der Waals surface area contributed by atoms with Crippen LogP contribution in [0, 0.1) is 0 Å². The predicted octanol–water partition coefficient (Wildman–Crippen LogP) is 5.18. The second-order valence-electron chi connectivity index (χ2n) is 7.22. The van der Waals surface area contributed by atoms with Gasteiger partial charge in [-0.05, 0) is 50.1 Å². The van der Waals surface area contributed by atoms with E-state index in [0.717, 1.165) is 48.1 Å². The van der Waals surface area contributed by atoms with Crippen molar-refractivity contribution in [2.75, 3.05) is 26.2 Å². The Morgan fingerprint density at radius 2 is 1.97 bits per heavy atom. The van der Waals surface area contributed by atoms with Crippen LogP contribution in [0.25, 0.3) is 0 Å². The van der Waals surface area contributed by atoms with Crippen molar-refractivity contribution in [3.63, 3.8) is 0 Å². The first-order chi connectivity index (χ1) is 14.6. The van der Waals surface area contributed by atoms with Crippen LogP contribution in [-0.4, -0.2) is 37.0 Å². The van der Waals surface area contributed by atoms with E-state index in [0.29, 0.717) is 42.7 Å². The number of amides is 1. The Kier molecular flexibility index (Phi) is 8.85. The number of rotatable bonds is 11. The number of ether oxygens (including phenoxy) is 2. The Balaban J connectivity index is 1.55. The Morgan fingerprint density at radius 3 is 2.70 bits per heavy atom. The summed E-state index contributed by atoms with van der Waals surface area (Å²) < 4.78 is 12.8. The lowest BCUT2D eigenvalue weighted by atomic mass is 10.2. The van der Waals surface area contributed by atoms with E-state index in [1.54, 1.807) is 0 Å². The van der Waals surface area contributed by atoms with Crippen molar-refractivity contribution in [3.8, 4) is 11.5 Å². The molecule has 1 saturated heterocycles. The lowest BCUT2D eigenvalue weighted by molar-refractivity contribution is -0.127. The minimum absolute atomic E-state index is 0.284. The molecule has 1 heterocycles. The highest BCUT2D eigenvalue weighted by Crippen LogP contribution is 2.34. The molecule has 1 aliphatic heterocycles. The molecule has 3 rings (SSSR count). The molecule has 0 saturated carbocycles. The second-order valence-corrected chi connectivity index (χ2v) is 8.48. The lowest BCUT2D eigenvalue weighted by Crippen LogP contribution is -2.28. The number of nitrogens with zero attached hydrogens (tertiary/aromatic N) is 1. The normalized spacial score (nSPS) is 13.7. The van der Waals surface area contributed by atoms with E-state index < -0.39 is 0 Å². The maximum absolute atomic E-state index is 11.7. The maximum atomic E-state index is 11.7. The highest BCUT2D eigenvalue weighted by molar-refractivity contribution is 9.10. The molecule has 0 unspecified atom stereocenters. The number of benzene rings is 2. The van der Waals surface area contributed by atoms with E-state index in [-0.39, 0.29) is 5.91 Å². The number of carbonyl (C=O) groups is 1. The molecule has 1 N–H and O–H groups in total. The Bertz CT molecular complexity index is 862. The largest absolute Gasteiger partial charge is 0.490 e. The summed E-state index contributed by atoms with van der Waals surface area (Å²) in [6, 6.07) is 11.6. The van der Waals surface area contributed by atoms with E-state index in [2.05, 4.69) is 21.2 Å². The Morgan fingerprint density at radius 1 is 1.17 bits per heavy atom. The zero-order valence-electron chi connectivity index (χ0n) is 17.3. The zero-order valence-corrected chi connectivity index (χ0v) is 19.6. The van der Waals surface area contributed by atoms with Gasteiger partial charge in [0.25, 0.3) is 0 Å². The van der Waals surface area contributed by atoms with E-state index >= 15 is 0 Å². The minimum Gasteiger partial charge on any atom is -0.490 e. The van der Waals surface area contributed by atoms with Gasteiger partial charge in [-0.1, -0.05) is 45.7 Å². The van der Waals surface area contributed by atoms with Crippen LogP contribution in [0.2, 0.25) is 5.02 Å². The summed E-state index contributed by atoms with van der Waals surface area (Å²) >= 11 is 9.88. The molecule has 0 aliphatic carbocycles. The van der Waals surface area contributed by atoms with Crippen LogP contribution >= 0.6 is 27.5 Å². The lowest BCUT2D eigenvalue weighted by Gasteiger charge is -2.17. The first kappa shape index (κ1) is 22.9. The quantitative estimate of drug-likeness (QED) is 0.436. The molecule has 162 valence electrons. The molecule has 1 aliphatic rings. The summed E-state index contributed by atoms with van der Waals surface area (Å²) in [5.41, 5.74) is 2.03. The van der Waals surface area contributed by atoms with E-state index in [1.807, 2.05) is 48.2 Å². The summed E-state index contributed by atoms with van der Waals surface area (Å²) in [6.07, 6.45) is 2.64. The number of nitrogens with one attached hydrogen (secondary N) is 1. The SMILES string of the molecule is CCOc1cc(CNCCCN2CCCC2=O)c(Br)cc1OCc1ccccc1Cl. The fraction of sp³-hybridized carbons (Fsp3) is 0.435. The number of halogens is 2. The molecule has 7 heteroatoms. The van der Waals surface area contributed by atoms with Crippen molar-refractivity contribution < 1.29 is 14.3 Å². The molecule has 30 heavy (non-hydrogen) atoms. The Labute approximate surface area is 191 Å². The van der Waals surface area contributed by atoms with E-state index in [1.165, 1.54) is 0 Å². The molecular weight excluding hydrogens is 468 g/mol. The molecular formula is C23H28BrClN2O3. The van der Waals surface area contributed by atoms with Crippen LogP contribution < -0.4 is 14.8 Å². The molecule has 1 fully saturated rings. The standard InChI is InChI=1S/C23H28BrClN2O3/c1-2-29-21-13-18(15-26-10-6-12-27-11-5-9-23(27)28)19(24)14-22(21)30-16-17-7-3-4-8-20(17)25/h3-4,7-8,13-14,26H,2,5-6,9-12,15-16H2,1H3. The van der Waals surface area contributed by atoms with Crippen molar-refractivity contribution in [1.82, 2.24) is 10.2 Å². The summed E-state index contributed by atoms with van der Waals surface area (Å²) in [6.45, 7) is 6.17. The zero-order chi connectivity index (χ0) is 21.3. The van der Waals surface area contributed by atoms with E-state index in [9.17, 15) is 4.79 Å². The molecule has 0 aromatic heterocycles. The van der Waals surface area contributed by atoms with Crippen LogP contribution in [-0.2, 0) is 17.9 Å². The molecule has 2 aromatic rings. The average Bonchev–Trinajstić information content (AvgIpc) is 3.14. The monoisotopic (exact) mass is 494 g/mol. The third kappa shape index (κ3) is 6.37. The molecule has 0 spiro atoms. The molecule has 1 amide bonds. The molecule has 0 atom stereocenters. The maximum Gasteiger partial charge on any atom is 0.222 e. The topological polar surface area (TPSA) is 50.8 Å². The molecule has 0 bridgehead atoms. The van der Waals surface area contributed by atoms with Crippen LogP contribution in [0.15, 0.2) is 40.9 Å². The number of hydrogen-bond donors (Lipinski definition) is 1. The van der Waals surface area contributed by atoms with Crippen LogP contribution in [0.1, 0.15) is 37.3 Å². The third-order valence-corrected chi connectivity index (χ3v) is 6.13. The van der Waals surface area contributed by atoms with Crippen LogP contribution in [0.3, 0.4) is 0 Å². The molecule has 2 aromatic carbocycles. The van der Waals surface area contributed by atoms with Crippen molar-refractivity contribution in [1.29, 1.82) is 0 Å². The van der Waals surface area contributed by atoms with Gasteiger partial charge in [-0.3, -0.25) is 4.79 Å². The molecule has 0 radical (unpaired) electrons. The van der Waals surface area contributed by atoms with Gasteiger partial charge in [0.1, 0.15) is 6.61 Å². The average molecular weight is 496 g/mol. The first-order valence-corrected chi connectivity index (χ1v) is 11.6. The van der Waals surface area contributed by atoms with Crippen molar-refractivity contribution >= 4 is 33.4 Å². The number of hydrogen-bond acceptors (Lipinski definition) is 4. The van der Waals surface area contributed by atoms with Gasteiger partial charge in [-0.25, -0.2) is 0 Å². The van der Waals surface area contributed by atoms with Gasteiger partial charge in [0.15, 0.2) is 11.5 Å². The third-order valence-electron chi connectivity index (χ3n) is 5.02. The van der Waals surface area contributed by atoms with Gasteiger partial charge in [0.05, 0.1) is 6.61 Å². The van der Waals surface area contributed by atoms with Crippen molar-refractivity contribution in [2.45, 2.75) is 39.3 Å². The Hall–Kier alpha value is -1.76. The fourth-order valence-electron chi connectivity index (χ4n) is 3.42. The highest BCUT2D eigenvalue weighted by Gasteiger charge is 2.19. The predicted molar refractivity (Wildman–Crippen MR) is 123 cm³/mol. The van der Waals surface area contributed by atoms with Gasteiger partial charge in [0.2, 0.25) is 5.91 Å². The van der Waals surface area contributed by atoms with Gasteiger partial charge in [-0.2, -0.15) is 0 Å². The summed E-state index contributed by atoms with van der Waals surface area (Å²) in [5, 5.41) is 4.14. The van der Waals surface area contributed by atoms with Gasteiger partial charge >= 0.3 is 0 Å². The van der Waals surface area contributed by atoms with E-state index in [4.69, 9.17) is 21.1 Å². The van der Waals surface area contributed by atoms with Gasteiger partial charge < -0.3 is 19.7 Å². The highest BCUT2D eigenvalue weighted by atomic mass is 79.9. The van der Waals surface area contributed by atoms with Crippen molar-refractivity contribution in [3.05, 3.63) is 57.0 Å². The second kappa shape index (κ2) is 11.6. The summed E-state index contributed by atoms with van der Waals surface area (Å²) in [7, 11) is 0. The summed E-state index contributed by atoms with van der Waals surface area (Å²) in [5.74, 6) is 1.68. The van der Waals surface area contributed by atoms with Gasteiger partial charge in [0, 0.05) is 41.1 Å². The minimum atomic E-state index is 0.284. The molecule has 5 nitrogen and oxygen atoms in total. The summed E-state index contributed by atoms with van der Waals surface area (Å²) in [4.78, 5) is 13.6. The van der Waals surface area contributed by atoms with Crippen LogP contribution in [0.5, 0.6) is 11.5 Å².